The predicted molar refractivity (Wildman–Crippen MR) is 73.8 cm³/mol. The molecule has 2 heterocycles. The SMILES string of the molecule is Cc1c[n+]([O-])c2[nH]cc(C#N)c2c1-c1cccc(O)c1. The summed E-state index contributed by atoms with van der Waals surface area (Å²) in [5, 5.41) is 31.3. The Balaban J connectivity index is 2.46. The number of hydrogen-bond acceptors (Lipinski definition) is 3. The third-order valence-electron chi connectivity index (χ3n) is 3.29. The van der Waals surface area contributed by atoms with Gasteiger partial charge >= 0.3 is 0 Å². The van der Waals surface area contributed by atoms with Crippen LogP contribution in [0.3, 0.4) is 0 Å². The second-order valence-electron chi connectivity index (χ2n) is 4.60. The van der Waals surface area contributed by atoms with Gasteiger partial charge in [0.1, 0.15) is 23.6 Å². The monoisotopic (exact) mass is 265 g/mol. The van der Waals surface area contributed by atoms with E-state index in [1.165, 1.54) is 12.4 Å². The fourth-order valence-corrected chi connectivity index (χ4v) is 2.46. The van der Waals surface area contributed by atoms with E-state index in [2.05, 4.69) is 11.1 Å². The van der Waals surface area contributed by atoms with Crippen molar-refractivity contribution in [1.82, 2.24) is 4.98 Å². The second kappa shape index (κ2) is 4.28. The molecule has 0 spiro atoms. The summed E-state index contributed by atoms with van der Waals surface area (Å²) in [4.78, 5) is 2.82. The number of aromatic nitrogens is 2. The number of benzene rings is 1. The van der Waals surface area contributed by atoms with Crippen molar-refractivity contribution in [2.24, 2.45) is 0 Å². The van der Waals surface area contributed by atoms with Crippen molar-refractivity contribution in [2.45, 2.75) is 6.92 Å². The van der Waals surface area contributed by atoms with Crippen molar-refractivity contribution < 1.29 is 9.84 Å². The van der Waals surface area contributed by atoms with Gasteiger partial charge in [0, 0.05) is 5.56 Å². The van der Waals surface area contributed by atoms with Crippen LogP contribution in [-0.2, 0) is 0 Å². The zero-order valence-electron chi connectivity index (χ0n) is 10.7. The number of aromatic hydroxyl groups is 1. The van der Waals surface area contributed by atoms with Crippen LogP contribution in [0.15, 0.2) is 36.7 Å². The largest absolute Gasteiger partial charge is 0.711 e. The van der Waals surface area contributed by atoms with Crippen LogP contribution in [0.4, 0.5) is 0 Å². The molecule has 3 rings (SSSR count). The van der Waals surface area contributed by atoms with Gasteiger partial charge in [0.05, 0.1) is 11.6 Å². The van der Waals surface area contributed by atoms with Crippen molar-refractivity contribution in [1.29, 1.82) is 5.26 Å². The van der Waals surface area contributed by atoms with Gasteiger partial charge in [0.25, 0.3) is 5.65 Å². The smallest absolute Gasteiger partial charge is 0.291 e. The molecule has 0 atom stereocenters. The Kier molecular flexibility index (Phi) is 2.58. The van der Waals surface area contributed by atoms with Crippen LogP contribution in [0.25, 0.3) is 22.2 Å². The van der Waals surface area contributed by atoms with E-state index in [4.69, 9.17) is 0 Å². The van der Waals surface area contributed by atoms with E-state index in [0.29, 0.717) is 16.6 Å². The summed E-state index contributed by atoms with van der Waals surface area (Å²) in [6.07, 6.45) is 2.98. The molecule has 20 heavy (non-hydrogen) atoms. The van der Waals surface area contributed by atoms with Crippen molar-refractivity contribution in [3.05, 3.63) is 53.0 Å². The number of nitrogens with zero attached hydrogens (tertiary/aromatic N) is 2. The lowest BCUT2D eigenvalue weighted by molar-refractivity contribution is -0.579. The molecule has 0 aliphatic rings. The highest BCUT2D eigenvalue weighted by Gasteiger charge is 2.19. The predicted octanol–water partition coefficient (Wildman–Crippen LogP) is 2.35. The summed E-state index contributed by atoms with van der Waals surface area (Å²) in [5.74, 6) is 0.142. The first-order chi connectivity index (χ1) is 9.61. The number of aryl methyl sites for hydroxylation is 1. The van der Waals surface area contributed by atoms with E-state index in [1.54, 1.807) is 25.1 Å². The molecule has 98 valence electrons. The molecule has 0 aliphatic carbocycles. The van der Waals surface area contributed by atoms with Crippen LogP contribution in [-0.4, -0.2) is 10.1 Å². The van der Waals surface area contributed by atoms with Crippen LogP contribution in [0, 0.1) is 23.5 Å². The minimum Gasteiger partial charge on any atom is -0.711 e. The van der Waals surface area contributed by atoms with Gasteiger partial charge in [-0.15, -0.1) is 0 Å². The highest BCUT2D eigenvalue weighted by Crippen LogP contribution is 2.33. The molecule has 1 aromatic carbocycles. The molecule has 0 bridgehead atoms. The number of rotatable bonds is 1. The topological polar surface area (TPSA) is 86.8 Å². The summed E-state index contributed by atoms with van der Waals surface area (Å²) in [7, 11) is 0. The van der Waals surface area contributed by atoms with Crippen LogP contribution in [0.2, 0.25) is 0 Å². The Morgan fingerprint density at radius 1 is 1.40 bits per heavy atom. The molecule has 5 nitrogen and oxygen atoms in total. The number of hydrogen-bond donors (Lipinski definition) is 2. The van der Waals surface area contributed by atoms with Gasteiger partial charge in [-0.3, -0.25) is 0 Å². The number of pyridine rings is 1. The molecular formula is C15H11N3O2. The molecule has 0 fully saturated rings. The van der Waals surface area contributed by atoms with Gasteiger partial charge in [0.2, 0.25) is 0 Å². The van der Waals surface area contributed by atoms with Gasteiger partial charge in [0.15, 0.2) is 0 Å². The fraction of sp³-hybridized carbons (Fsp3) is 0.0667. The Labute approximate surface area is 114 Å². The van der Waals surface area contributed by atoms with E-state index in [-0.39, 0.29) is 5.75 Å². The Hall–Kier alpha value is -3.00. The summed E-state index contributed by atoms with van der Waals surface area (Å²) < 4.78 is 0.720. The zero-order chi connectivity index (χ0) is 14.3. The first kappa shape index (κ1) is 12.1. The van der Waals surface area contributed by atoms with Gasteiger partial charge in [-0.1, -0.05) is 12.1 Å². The van der Waals surface area contributed by atoms with E-state index < -0.39 is 0 Å². The number of nitrogens with one attached hydrogen (secondary N) is 1. The first-order valence-electron chi connectivity index (χ1n) is 6.05. The Morgan fingerprint density at radius 3 is 2.90 bits per heavy atom. The maximum absolute atomic E-state index is 11.9. The number of aromatic amines is 1. The van der Waals surface area contributed by atoms with E-state index in [1.807, 2.05) is 6.07 Å². The van der Waals surface area contributed by atoms with Crippen LogP contribution >= 0.6 is 0 Å². The molecule has 3 aromatic rings. The summed E-state index contributed by atoms with van der Waals surface area (Å²) in [6, 6.07) is 8.84. The second-order valence-corrected chi connectivity index (χ2v) is 4.60. The van der Waals surface area contributed by atoms with Gasteiger partial charge in [-0.05, 0) is 30.2 Å². The molecule has 5 heteroatoms. The van der Waals surface area contributed by atoms with Crippen LogP contribution in [0.5, 0.6) is 5.75 Å². The Morgan fingerprint density at radius 2 is 2.20 bits per heavy atom. The molecule has 0 amide bonds. The van der Waals surface area contributed by atoms with Crippen LogP contribution in [0.1, 0.15) is 11.1 Å². The maximum Gasteiger partial charge on any atom is 0.291 e. The van der Waals surface area contributed by atoms with Gasteiger partial charge < -0.3 is 10.3 Å². The number of phenols is 1. The van der Waals surface area contributed by atoms with Crippen molar-refractivity contribution in [3.8, 4) is 22.9 Å². The minimum absolute atomic E-state index is 0.142. The van der Waals surface area contributed by atoms with Crippen molar-refractivity contribution in [2.75, 3.05) is 0 Å². The van der Waals surface area contributed by atoms with Crippen LogP contribution < -0.4 is 4.73 Å². The van der Waals surface area contributed by atoms with Crippen molar-refractivity contribution in [3.63, 3.8) is 0 Å². The number of H-pyrrole nitrogens is 1. The van der Waals surface area contributed by atoms with Crippen molar-refractivity contribution >= 4 is 11.0 Å². The number of phenolic OH excluding ortho intramolecular Hbond substituents is 1. The lowest BCUT2D eigenvalue weighted by atomic mass is 9.97. The highest BCUT2D eigenvalue weighted by molar-refractivity contribution is 5.97. The molecule has 2 N–H and O–H groups in total. The first-order valence-corrected chi connectivity index (χ1v) is 6.05. The molecule has 0 aliphatic heterocycles. The van der Waals surface area contributed by atoms with E-state index in [0.717, 1.165) is 21.4 Å². The average molecular weight is 265 g/mol. The fourth-order valence-electron chi connectivity index (χ4n) is 2.46. The lowest BCUT2D eigenvalue weighted by Crippen LogP contribution is -2.27. The molecule has 0 saturated heterocycles. The normalized spacial score (nSPS) is 10.6. The summed E-state index contributed by atoms with van der Waals surface area (Å²) in [6.45, 7) is 1.81. The maximum atomic E-state index is 11.9. The molecular weight excluding hydrogens is 254 g/mol. The number of nitriles is 1. The molecule has 0 unspecified atom stereocenters. The third kappa shape index (κ3) is 1.67. The van der Waals surface area contributed by atoms with Gasteiger partial charge in [-0.2, -0.15) is 5.26 Å². The van der Waals surface area contributed by atoms with Gasteiger partial charge in [-0.25, -0.2) is 9.71 Å². The zero-order valence-corrected chi connectivity index (χ0v) is 10.7. The Bertz CT molecular complexity index is 859. The number of fused-ring (bicyclic) bond motifs is 1. The highest BCUT2D eigenvalue weighted by atomic mass is 16.5. The average Bonchev–Trinajstić information content (AvgIpc) is 2.83. The summed E-state index contributed by atoms with van der Waals surface area (Å²) in [5.41, 5.74) is 3.04. The third-order valence-corrected chi connectivity index (χ3v) is 3.29. The summed E-state index contributed by atoms with van der Waals surface area (Å²) >= 11 is 0. The van der Waals surface area contributed by atoms with E-state index in [9.17, 15) is 15.6 Å². The lowest BCUT2D eigenvalue weighted by Gasteiger charge is -2.11. The minimum atomic E-state index is 0.142. The quantitative estimate of drug-likeness (QED) is 0.523. The van der Waals surface area contributed by atoms with E-state index >= 15 is 0 Å². The molecule has 0 saturated carbocycles. The molecule has 2 aromatic heterocycles. The standard InChI is InChI=1S/C15H11N3O2/c1-9-8-18(20)15-14(11(6-16)7-17-15)13(9)10-3-2-4-12(19)5-10/h2-5,7-8,17,19H,1H3. The molecule has 0 radical (unpaired) electrons.